The Morgan fingerprint density at radius 2 is 2.10 bits per heavy atom. The number of methoxy groups -OCH3 is 1. The van der Waals surface area contributed by atoms with Gasteiger partial charge in [-0.05, 0) is 33.0 Å². The number of carbonyl (C=O) groups excluding carboxylic acids is 1. The first-order chi connectivity index (χ1) is 13.9. The van der Waals surface area contributed by atoms with Crippen molar-refractivity contribution in [1.82, 2.24) is 14.7 Å². The van der Waals surface area contributed by atoms with Crippen LogP contribution in [0.4, 0.5) is 4.39 Å². The summed E-state index contributed by atoms with van der Waals surface area (Å²) < 4.78 is 24.3. The maximum absolute atomic E-state index is 13.5. The summed E-state index contributed by atoms with van der Waals surface area (Å²) in [5.41, 5.74) is 1.07. The van der Waals surface area contributed by atoms with E-state index < -0.39 is 0 Å². The molecular formula is C22H34FN3O3. The van der Waals surface area contributed by atoms with E-state index in [1.165, 1.54) is 12.1 Å². The van der Waals surface area contributed by atoms with Crippen LogP contribution in [0.5, 0.6) is 5.75 Å². The standard InChI is InChI=1S/C22H34FN3O3/c1-5-29-9-8-21(27)26-13-18-12-25(15-22(18,16-26)14-24(2)3)11-17-6-7-19(23)10-20(17)28-4/h6-7,10,18H,5,8-9,11-16H2,1-4H3. The predicted molar refractivity (Wildman–Crippen MR) is 110 cm³/mol. The second-order valence-corrected chi connectivity index (χ2v) is 8.64. The summed E-state index contributed by atoms with van der Waals surface area (Å²) in [6, 6.07) is 4.74. The molecule has 2 unspecified atom stereocenters. The van der Waals surface area contributed by atoms with E-state index in [4.69, 9.17) is 9.47 Å². The van der Waals surface area contributed by atoms with Gasteiger partial charge < -0.3 is 19.3 Å². The van der Waals surface area contributed by atoms with Crippen molar-refractivity contribution in [2.24, 2.45) is 11.3 Å². The van der Waals surface area contributed by atoms with Crippen molar-refractivity contribution in [3.8, 4) is 5.75 Å². The highest BCUT2D eigenvalue weighted by molar-refractivity contribution is 5.76. The average molecular weight is 408 g/mol. The van der Waals surface area contributed by atoms with E-state index in [-0.39, 0.29) is 17.1 Å². The van der Waals surface area contributed by atoms with Crippen LogP contribution < -0.4 is 4.74 Å². The summed E-state index contributed by atoms with van der Waals surface area (Å²) in [5, 5.41) is 0. The van der Waals surface area contributed by atoms with Crippen molar-refractivity contribution in [2.45, 2.75) is 19.9 Å². The van der Waals surface area contributed by atoms with Crippen LogP contribution in [0.25, 0.3) is 0 Å². The molecule has 7 heteroatoms. The highest BCUT2D eigenvalue weighted by Crippen LogP contribution is 2.44. The maximum atomic E-state index is 13.5. The summed E-state index contributed by atoms with van der Waals surface area (Å²) in [6.45, 7) is 8.21. The van der Waals surface area contributed by atoms with Crippen LogP contribution in [0, 0.1) is 17.2 Å². The smallest absolute Gasteiger partial charge is 0.224 e. The Morgan fingerprint density at radius 1 is 1.31 bits per heavy atom. The van der Waals surface area contributed by atoms with Crippen LogP contribution in [0.15, 0.2) is 18.2 Å². The Hall–Kier alpha value is -1.70. The van der Waals surface area contributed by atoms with Crippen LogP contribution in [0.2, 0.25) is 0 Å². The van der Waals surface area contributed by atoms with Crippen molar-refractivity contribution in [2.75, 3.05) is 67.1 Å². The van der Waals surface area contributed by atoms with Crippen LogP contribution in [0.1, 0.15) is 18.9 Å². The molecule has 2 fully saturated rings. The molecule has 1 aromatic carbocycles. The van der Waals surface area contributed by atoms with E-state index in [1.807, 2.05) is 17.9 Å². The zero-order valence-corrected chi connectivity index (χ0v) is 18.1. The Kier molecular flexibility index (Phi) is 7.14. The molecule has 2 heterocycles. The first-order valence-corrected chi connectivity index (χ1v) is 10.4. The highest BCUT2D eigenvalue weighted by Gasteiger charge is 2.53. The molecule has 6 nitrogen and oxygen atoms in total. The predicted octanol–water partition coefficient (Wildman–Crippen LogP) is 2.08. The largest absolute Gasteiger partial charge is 0.496 e. The molecule has 0 radical (unpaired) electrons. The molecule has 1 aromatic rings. The number of likely N-dealkylation sites (tertiary alicyclic amines) is 2. The van der Waals surface area contributed by atoms with Crippen LogP contribution in [-0.2, 0) is 16.1 Å². The zero-order chi connectivity index (χ0) is 21.0. The molecule has 2 atom stereocenters. The lowest BCUT2D eigenvalue weighted by Crippen LogP contribution is -2.43. The van der Waals surface area contributed by atoms with Crippen LogP contribution in [0.3, 0.4) is 0 Å². The third-order valence-corrected chi connectivity index (χ3v) is 6.12. The Labute approximate surface area is 173 Å². The molecule has 2 saturated heterocycles. The van der Waals surface area contributed by atoms with Gasteiger partial charge in [0, 0.05) is 62.9 Å². The van der Waals surface area contributed by atoms with Crippen molar-refractivity contribution >= 4 is 5.91 Å². The molecule has 2 aliphatic heterocycles. The molecule has 2 aliphatic rings. The Morgan fingerprint density at radius 3 is 2.79 bits per heavy atom. The molecule has 0 spiro atoms. The van der Waals surface area contributed by atoms with E-state index >= 15 is 0 Å². The summed E-state index contributed by atoms with van der Waals surface area (Å²) >= 11 is 0. The topological polar surface area (TPSA) is 45.3 Å². The van der Waals surface area contributed by atoms with E-state index in [9.17, 15) is 9.18 Å². The van der Waals surface area contributed by atoms with Gasteiger partial charge in [-0.15, -0.1) is 0 Å². The lowest BCUT2D eigenvalue weighted by Gasteiger charge is -2.32. The third kappa shape index (κ3) is 5.08. The highest BCUT2D eigenvalue weighted by atomic mass is 19.1. The van der Waals surface area contributed by atoms with Crippen molar-refractivity contribution < 1.29 is 18.7 Å². The Balaban J connectivity index is 1.68. The number of amides is 1. The molecule has 162 valence electrons. The molecule has 29 heavy (non-hydrogen) atoms. The number of rotatable bonds is 9. The van der Waals surface area contributed by atoms with Gasteiger partial charge in [-0.25, -0.2) is 4.39 Å². The second-order valence-electron chi connectivity index (χ2n) is 8.64. The first kappa shape index (κ1) is 22.0. The van der Waals surface area contributed by atoms with Gasteiger partial charge in [0.15, 0.2) is 0 Å². The molecule has 0 aromatic heterocycles. The number of fused-ring (bicyclic) bond motifs is 1. The monoisotopic (exact) mass is 407 g/mol. The molecule has 0 N–H and O–H groups in total. The molecule has 3 rings (SSSR count). The number of hydrogen-bond donors (Lipinski definition) is 0. The minimum atomic E-state index is -0.283. The second kappa shape index (κ2) is 9.41. The van der Waals surface area contributed by atoms with Gasteiger partial charge in [-0.3, -0.25) is 9.69 Å². The number of halogens is 1. The van der Waals surface area contributed by atoms with E-state index in [2.05, 4.69) is 23.9 Å². The number of nitrogens with zero attached hydrogens (tertiary/aromatic N) is 3. The lowest BCUT2D eigenvalue weighted by molar-refractivity contribution is -0.131. The molecule has 0 bridgehead atoms. The number of carbonyl (C=O) groups is 1. The molecule has 0 saturated carbocycles. The first-order valence-electron chi connectivity index (χ1n) is 10.4. The Bertz CT molecular complexity index is 715. The van der Waals surface area contributed by atoms with E-state index in [1.54, 1.807) is 7.11 Å². The maximum Gasteiger partial charge on any atom is 0.224 e. The quantitative estimate of drug-likeness (QED) is 0.587. The summed E-state index contributed by atoms with van der Waals surface area (Å²) in [6.07, 6.45) is 0.453. The van der Waals surface area contributed by atoms with E-state index in [0.717, 1.165) is 44.8 Å². The van der Waals surface area contributed by atoms with Crippen molar-refractivity contribution in [3.63, 3.8) is 0 Å². The fraction of sp³-hybridized carbons (Fsp3) is 0.682. The molecule has 1 amide bonds. The normalized spacial score (nSPS) is 24.3. The number of hydrogen-bond acceptors (Lipinski definition) is 5. The van der Waals surface area contributed by atoms with Gasteiger partial charge in [-0.1, -0.05) is 6.07 Å². The zero-order valence-electron chi connectivity index (χ0n) is 18.1. The van der Waals surface area contributed by atoms with Gasteiger partial charge in [-0.2, -0.15) is 0 Å². The van der Waals surface area contributed by atoms with Crippen molar-refractivity contribution in [1.29, 1.82) is 0 Å². The SMILES string of the molecule is CCOCCC(=O)N1CC2CN(Cc3ccc(F)cc3OC)CC2(CN(C)C)C1. The minimum Gasteiger partial charge on any atom is -0.496 e. The fourth-order valence-corrected chi connectivity index (χ4v) is 5.01. The number of benzene rings is 1. The average Bonchev–Trinajstić information content (AvgIpc) is 3.15. The van der Waals surface area contributed by atoms with Gasteiger partial charge in [0.2, 0.25) is 5.91 Å². The van der Waals surface area contributed by atoms with Crippen LogP contribution in [-0.4, -0.2) is 87.7 Å². The number of ether oxygens (including phenoxy) is 2. The van der Waals surface area contributed by atoms with E-state index in [0.29, 0.717) is 31.3 Å². The fourth-order valence-electron chi connectivity index (χ4n) is 5.01. The summed E-state index contributed by atoms with van der Waals surface area (Å²) in [5.74, 6) is 0.941. The van der Waals surface area contributed by atoms with Gasteiger partial charge >= 0.3 is 0 Å². The van der Waals surface area contributed by atoms with Gasteiger partial charge in [0.05, 0.1) is 20.1 Å². The molecular weight excluding hydrogens is 373 g/mol. The third-order valence-electron chi connectivity index (χ3n) is 6.12. The summed E-state index contributed by atoms with van der Waals surface area (Å²) in [4.78, 5) is 19.3. The van der Waals surface area contributed by atoms with Crippen LogP contribution >= 0.6 is 0 Å². The van der Waals surface area contributed by atoms with Crippen molar-refractivity contribution in [3.05, 3.63) is 29.6 Å². The molecule has 0 aliphatic carbocycles. The lowest BCUT2D eigenvalue weighted by atomic mass is 9.80. The summed E-state index contributed by atoms with van der Waals surface area (Å²) in [7, 11) is 5.77. The van der Waals surface area contributed by atoms with Gasteiger partial charge in [0.25, 0.3) is 0 Å². The van der Waals surface area contributed by atoms with Gasteiger partial charge in [0.1, 0.15) is 11.6 Å². The minimum absolute atomic E-state index is 0.0675.